The highest BCUT2D eigenvalue weighted by Crippen LogP contribution is 2.38. The molecule has 0 saturated carbocycles. The molecular weight excluding hydrogens is 621 g/mol. The zero-order chi connectivity index (χ0) is 35.2. The number of ether oxygens (including phenoxy) is 1. The number of methoxy groups -OCH3 is 1. The summed E-state index contributed by atoms with van der Waals surface area (Å²) in [6, 6.07) is 13.0. The van der Waals surface area contributed by atoms with Crippen molar-refractivity contribution in [3.05, 3.63) is 76.6 Å². The molecule has 1 aliphatic rings. The minimum absolute atomic E-state index is 0.0203. The number of rotatable bonds is 13. The number of carbonyl (C=O) groups is 3. The maximum atomic E-state index is 14.8. The Labute approximate surface area is 287 Å². The molecule has 0 saturated heterocycles. The number of carbonyl (C=O) groups excluding carboxylic acids is 3. The number of unbranched alkanes of at least 4 members (excludes halogenated alkanes) is 2. The largest absolute Gasteiger partial charge is 0.465 e. The van der Waals surface area contributed by atoms with Gasteiger partial charge in [0.2, 0.25) is 0 Å². The number of hydrogen-bond donors (Lipinski definition) is 0. The van der Waals surface area contributed by atoms with Crippen LogP contribution in [0, 0.1) is 0 Å². The molecule has 0 fully saturated rings. The lowest BCUT2D eigenvalue weighted by atomic mass is 9.92. The Balaban J connectivity index is 1.77. The lowest BCUT2D eigenvalue weighted by Gasteiger charge is -2.41. The van der Waals surface area contributed by atoms with Crippen LogP contribution >= 0.6 is 0 Å². The van der Waals surface area contributed by atoms with Gasteiger partial charge < -0.3 is 23.5 Å². The molecule has 0 radical (unpaired) electrons. The lowest BCUT2D eigenvalue weighted by Crippen LogP contribution is -2.50. The molecule has 2 heterocycles. The van der Waals surface area contributed by atoms with Gasteiger partial charge in [0, 0.05) is 38.4 Å². The van der Waals surface area contributed by atoms with Crippen LogP contribution in [-0.4, -0.2) is 78.3 Å². The van der Waals surface area contributed by atoms with Crippen LogP contribution in [0.15, 0.2) is 48.7 Å². The third kappa shape index (κ3) is 8.26. The van der Waals surface area contributed by atoms with Crippen LogP contribution in [0.2, 0.25) is 18.1 Å². The van der Waals surface area contributed by atoms with Crippen molar-refractivity contribution < 1.29 is 23.5 Å². The van der Waals surface area contributed by atoms with Gasteiger partial charge in [-0.25, -0.2) is 9.78 Å². The van der Waals surface area contributed by atoms with E-state index in [0.717, 1.165) is 31.2 Å². The van der Waals surface area contributed by atoms with E-state index in [1.54, 1.807) is 29.0 Å². The first kappa shape index (κ1) is 37.1. The molecule has 1 atom stereocenters. The maximum absolute atomic E-state index is 14.8. The standard InChI is InChI=1S/C38H54N4O5Si/c1-10-12-20-41(21-13-11-2)36(44)33-25-40(6)34(39-33)31-19-18-28(37(45)46-7)23-32(31)35(43)42-24-29-17-15-14-16-27(29)22-30(42)26-47-48(8,9)38(3,4)5/h14-19,23,25,30H,10-13,20-22,24,26H2,1-9H3/t30-/m0/s1. The first-order valence-electron chi connectivity index (χ1n) is 17.3. The minimum atomic E-state index is -2.11. The summed E-state index contributed by atoms with van der Waals surface area (Å²) >= 11 is 0. The van der Waals surface area contributed by atoms with Crippen molar-refractivity contribution in [1.29, 1.82) is 0 Å². The van der Waals surface area contributed by atoms with Crippen molar-refractivity contribution in [1.82, 2.24) is 19.4 Å². The average molecular weight is 675 g/mol. The molecule has 0 spiro atoms. The predicted octanol–water partition coefficient (Wildman–Crippen LogP) is 7.51. The van der Waals surface area contributed by atoms with Crippen LogP contribution in [0.4, 0.5) is 0 Å². The van der Waals surface area contributed by atoms with E-state index in [9.17, 15) is 14.4 Å². The fraction of sp³-hybridized carbons (Fsp3) is 0.526. The highest BCUT2D eigenvalue weighted by Gasteiger charge is 2.40. The molecule has 0 N–H and O–H groups in total. The molecule has 0 unspecified atom stereocenters. The molecule has 4 rings (SSSR count). The van der Waals surface area contributed by atoms with Crippen LogP contribution in [0.3, 0.4) is 0 Å². The first-order valence-corrected chi connectivity index (χ1v) is 20.2. The number of imidazole rings is 1. The van der Waals surface area contributed by atoms with E-state index in [0.29, 0.717) is 55.3 Å². The molecule has 0 aliphatic carbocycles. The number of esters is 1. The number of amides is 2. The topological polar surface area (TPSA) is 94.0 Å². The van der Waals surface area contributed by atoms with Crippen LogP contribution in [-0.2, 0) is 29.2 Å². The van der Waals surface area contributed by atoms with Gasteiger partial charge >= 0.3 is 5.97 Å². The first-order chi connectivity index (χ1) is 22.7. The fourth-order valence-corrected chi connectivity index (χ4v) is 6.85. The van der Waals surface area contributed by atoms with Crippen molar-refractivity contribution in [2.24, 2.45) is 7.05 Å². The number of aromatic nitrogens is 2. The molecule has 1 aromatic heterocycles. The van der Waals surface area contributed by atoms with Gasteiger partial charge in [-0.3, -0.25) is 9.59 Å². The summed E-state index contributed by atoms with van der Waals surface area (Å²) in [6.07, 6.45) is 6.21. The SMILES string of the molecule is CCCCN(CCCC)C(=O)c1cn(C)c(-c2ccc(C(=O)OC)cc2C(=O)N2Cc3ccccc3C[C@H]2CO[Si](C)(C)C(C)(C)C)n1. The normalized spacial score (nSPS) is 14.9. The molecule has 3 aromatic rings. The number of benzene rings is 2. The van der Waals surface area contributed by atoms with E-state index >= 15 is 0 Å². The predicted molar refractivity (Wildman–Crippen MR) is 193 cm³/mol. The Morgan fingerprint density at radius 3 is 2.25 bits per heavy atom. The number of fused-ring (bicyclic) bond motifs is 1. The van der Waals surface area contributed by atoms with Gasteiger partial charge in [-0.15, -0.1) is 0 Å². The molecule has 1 aliphatic heterocycles. The van der Waals surface area contributed by atoms with Crippen molar-refractivity contribution in [2.45, 2.75) is 97.4 Å². The second-order valence-electron chi connectivity index (χ2n) is 14.4. The quantitative estimate of drug-likeness (QED) is 0.138. The zero-order valence-electron chi connectivity index (χ0n) is 30.4. The summed E-state index contributed by atoms with van der Waals surface area (Å²) in [4.78, 5) is 49.8. The van der Waals surface area contributed by atoms with Crippen LogP contribution in [0.1, 0.15) is 103 Å². The van der Waals surface area contributed by atoms with Crippen molar-refractivity contribution in [2.75, 3.05) is 26.8 Å². The third-order valence-corrected chi connectivity index (χ3v) is 14.4. The van der Waals surface area contributed by atoms with E-state index in [1.165, 1.54) is 12.7 Å². The Bertz CT molecular complexity index is 1600. The highest BCUT2D eigenvalue weighted by atomic mass is 28.4. The summed E-state index contributed by atoms with van der Waals surface area (Å²) in [7, 11) is 1.05. The van der Waals surface area contributed by atoms with Gasteiger partial charge in [0.15, 0.2) is 8.32 Å². The van der Waals surface area contributed by atoms with E-state index in [1.807, 2.05) is 29.0 Å². The smallest absolute Gasteiger partial charge is 0.337 e. The lowest BCUT2D eigenvalue weighted by molar-refractivity contribution is 0.0554. The van der Waals surface area contributed by atoms with Gasteiger partial charge in [-0.05, 0) is 66.7 Å². The van der Waals surface area contributed by atoms with Crippen molar-refractivity contribution in [3.8, 4) is 11.4 Å². The minimum Gasteiger partial charge on any atom is -0.465 e. The van der Waals surface area contributed by atoms with Gasteiger partial charge in [-0.2, -0.15) is 0 Å². The molecule has 0 bridgehead atoms. The third-order valence-electron chi connectivity index (χ3n) is 9.92. The molecule has 10 heteroatoms. The molecule has 260 valence electrons. The van der Waals surface area contributed by atoms with Crippen molar-refractivity contribution in [3.63, 3.8) is 0 Å². The maximum Gasteiger partial charge on any atom is 0.337 e. The van der Waals surface area contributed by atoms with E-state index in [2.05, 4.69) is 59.8 Å². The Kier molecular flexibility index (Phi) is 12.1. The summed E-state index contributed by atoms with van der Waals surface area (Å²) in [5, 5.41) is 0.0203. The second-order valence-corrected chi connectivity index (χ2v) is 19.3. The Hall–Kier alpha value is -3.76. The second kappa shape index (κ2) is 15.6. The number of hydrogen-bond acceptors (Lipinski definition) is 6. The fourth-order valence-electron chi connectivity index (χ4n) is 5.81. The van der Waals surface area contributed by atoms with Gasteiger partial charge in [-0.1, -0.05) is 71.7 Å². The van der Waals surface area contributed by atoms with Crippen LogP contribution in [0.5, 0.6) is 0 Å². The summed E-state index contributed by atoms with van der Waals surface area (Å²) in [6.45, 7) is 17.5. The van der Waals surface area contributed by atoms with Gasteiger partial charge in [0.25, 0.3) is 11.8 Å². The molecule has 2 aromatic carbocycles. The number of aryl methyl sites for hydroxylation is 1. The monoisotopic (exact) mass is 674 g/mol. The Morgan fingerprint density at radius 2 is 1.65 bits per heavy atom. The summed E-state index contributed by atoms with van der Waals surface area (Å²) < 4.78 is 13.5. The summed E-state index contributed by atoms with van der Waals surface area (Å²) in [5.74, 6) is -0.392. The van der Waals surface area contributed by atoms with Crippen LogP contribution in [0.25, 0.3) is 11.4 Å². The summed E-state index contributed by atoms with van der Waals surface area (Å²) in [5.41, 5.74) is 3.78. The van der Waals surface area contributed by atoms with E-state index in [4.69, 9.17) is 14.1 Å². The molecule has 9 nitrogen and oxygen atoms in total. The zero-order valence-corrected chi connectivity index (χ0v) is 31.4. The Morgan fingerprint density at radius 1 is 1.00 bits per heavy atom. The average Bonchev–Trinajstić information content (AvgIpc) is 3.46. The van der Waals surface area contributed by atoms with Crippen LogP contribution < -0.4 is 0 Å². The molecule has 48 heavy (non-hydrogen) atoms. The van der Waals surface area contributed by atoms with Gasteiger partial charge in [0.1, 0.15) is 11.5 Å². The van der Waals surface area contributed by atoms with Gasteiger partial charge in [0.05, 0.1) is 30.9 Å². The van der Waals surface area contributed by atoms with E-state index in [-0.39, 0.29) is 28.5 Å². The highest BCUT2D eigenvalue weighted by molar-refractivity contribution is 6.74. The van der Waals surface area contributed by atoms with E-state index < -0.39 is 14.3 Å². The molecule has 2 amide bonds. The number of nitrogens with zero attached hydrogens (tertiary/aromatic N) is 4. The van der Waals surface area contributed by atoms with Crippen molar-refractivity contribution >= 4 is 26.1 Å². The molecular formula is C38H54N4O5Si.